The second kappa shape index (κ2) is 9.89. The summed E-state index contributed by atoms with van der Waals surface area (Å²) in [4.78, 5) is 32.6. The molecule has 1 saturated heterocycles. The number of rotatable bonds is 5. The maximum Gasteiger partial charge on any atom is 0.256 e. The molecule has 1 aromatic heterocycles. The zero-order valence-electron chi connectivity index (χ0n) is 19.1. The molecule has 0 spiro atoms. The Morgan fingerprint density at radius 1 is 1.00 bits per heavy atom. The number of nitrogens with one attached hydrogen (secondary N) is 1. The second-order valence-corrected chi connectivity index (χ2v) is 9.45. The average Bonchev–Trinajstić information content (AvgIpc) is 2.90. The van der Waals surface area contributed by atoms with Crippen molar-refractivity contribution in [1.29, 1.82) is 0 Å². The van der Waals surface area contributed by atoms with E-state index in [0.717, 1.165) is 40.5 Å². The molecule has 5 rings (SSSR count). The molecule has 0 saturated carbocycles. The monoisotopic (exact) mass is 473 g/mol. The third-order valence-corrected chi connectivity index (χ3v) is 7.32. The zero-order valence-corrected chi connectivity index (χ0v) is 19.9. The van der Waals surface area contributed by atoms with Crippen LogP contribution in [0.5, 0.6) is 11.5 Å². The van der Waals surface area contributed by atoms with Crippen LogP contribution in [0.15, 0.2) is 71.9 Å². The Balaban J connectivity index is 1.21. The molecule has 0 atom stereocenters. The van der Waals surface area contributed by atoms with Gasteiger partial charge in [-0.2, -0.15) is 0 Å². The molecule has 1 fully saturated rings. The average molecular weight is 474 g/mol. The van der Waals surface area contributed by atoms with Gasteiger partial charge in [-0.05, 0) is 49.3 Å². The van der Waals surface area contributed by atoms with Crippen LogP contribution < -0.4 is 10.1 Å². The highest BCUT2D eigenvalue weighted by atomic mass is 32.2. The van der Waals surface area contributed by atoms with Crippen molar-refractivity contribution < 1.29 is 14.3 Å². The topological polar surface area (TPSA) is 71.5 Å². The Morgan fingerprint density at radius 3 is 2.29 bits per heavy atom. The molecule has 2 aromatic carbocycles. The number of fused-ring (bicyclic) bond motifs is 2. The van der Waals surface area contributed by atoms with E-state index in [1.54, 1.807) is 6.20 Å². The lowest BCUT2D eigenvalue weighted by molar-refractivity contribution is -0.122. The van der Waals surface area contributed by atoms with Gasteiger partial charge in [0.15, 0.2) is 0 Å². The Bertz CT molecular complexity index is 1160. The van der Waals surface area contributed by atoms with Gasteiger partial charge in [-0.1, -0.05) is 36.4 Å². The standard InChI is InChI=1S/C27H27N3O3S/c1-34-26-21(9-6-14-28-26)27(32)30-15-12-18(13-16-30)17-29-25(31)24-19-7-2-4-10-22(19)33-23-11-5-3-8-20(23)24/h2-11,14,18,24H,12-13,15-17H2,1H3,(H,29,31). The van der Waals surface area contributed by atoms with Crippen molar-refractivity contribution in [2.75, 3.05) is 25.9 Å². The predicted molar refractivity (Wildman–Crippen MR) is 132 cm³/mol. The fraction of sp³-hybridized carbons (Fsp3) is 0.296. The number of ether oxygens (including phenoxy) is 1. The quantitative estimate of drug-likeness (QED) is 0.544. The van der Waals surface area contributed by atoms with Gasteiger partial charge < -0.3 is 15.0 Å². The summed E-state index contributed by atoms with van der Waals surface area (Å²) in [5.74, 6) is 1.43. The maximum absolute atomic E-state index is 13.4. The normalized spacial score (nSPS) is 15.7. The van der Waals surface area contributed by atoms with Gasteiger partial charge in [0.2, 0.25) is 5.91 Å². The van der Waals surface area contributed by atoms with Crippen LogP contribution in [-0.2, 0) is 4.79 Å². The smallest absolute Gasteiger partial charge is 0.256 e. The molecule has 0 bridgehead atoms. The first-order chi connectivity index (χ1) is 16.7. The van der Waals surface area contributed by atoms with Crippen LogP contribution in [0.3, 0.4) is 0 Å². The van der Waals surface area contributed by atoms with Gasteiger partial charge in [-0.3, -0.25) is 9.59 Å². The number of hydrogen-bond donors (Lipinski definition) is 1. The van der Waals surface area contributed by atoms with E-state index >= 15 is 0 Å². The number of para-hydroxylation sites is 2. The number of pyridine rings is 1. The van der Waals surface area contributed by atoms with E-state index in [1.807, 2.05) is 71.8 Å². The summed E-state index contributed by atoms with van der Waals surface area (Å²) in [7, 11) is 0. The second-order valence-electron chi connectivity index (χ2n) is 8.65. The fourth-order valence-electron chi connectivity index (χ4n) is 4.77. The molecular weight excluding hydrogens is 446 g/mol. The summed E-state index contributed by atoms with van der Waals surface area (Å²) in [5, 5.41) is 3.95. The summed E-state index contributed by atoms with van der Waals surface area (Å²) < 4.78 is 6.02. The highest BCUT2D eigenvalue weighted by molar-refractivity contribution is 7.98. The maximum atomic E-state index is 13.4. The molecule has 3 aromatic rings. The van der Waals surface area contributed by atoms with E-state index in [2.05, 4.69) is 10.3 Å². The first-order valence-electron chi connectivity index (χ1n) is 11.6. The van der Waals surface area contributed by atoms with Crippen molar-refractivity contribution in [1.82, 2.24) is 15.2 Å². The number of nitrogens with zero attached hydrogens (tertiary/aromatic N) is 2. The van der Waals surface area contributed by atoms with Crippen LogP contribution in [0.1, 0.15) is 40.2 Å². The van der Waals surface area contributed by atoms with Crippen molar-refractivity contribution in [3.63, 3.8) is 0 Å². The first kappa shape index (κ1) is 22.5. The number of carbonyl (C=O) groups is 2. The molecule has 2 amide bonds. The van der Waals surface area contributed by atoms with Crippen molar-refractivity contribution >= 4 is 23.6 Å². The van der Waals surface area contributed by atoms with Crippen LogP contribution >= 0.6 is 11.8 Å². The number of aromatic nitrogens is 1. The number of carbonyl (C=O) groups excluding carboxylic acids is 2. The number of likely N-dealkylation sites (tertiary alicyclic amines) is 1. The Kier molecular flexibility index (Phi) is 6.54. The number of hydrogen-bond acceptors (Lipinski definition) is 5. The lowest BCUT2D eigenvalue weighted by Gasteiger charge is -2.33. The van der Waals surface area contributed by atoms with Gasteiger partial charge in [-0.15, -0.1) is 11.8 Å². The van der Waals surface area contributed by atoms with Gasteiger partial charge >= 0.3 is 0 Å². The molecule has 7 heteroatoms. The molecule has 1 N–H and O–H groups in total. The molecule has 3 heterocycles. The van der Waals surface area contributed by atoms with Crippen molar-refractivity contribution in [2.45, 2.75) is 23.8 Å². The largest absolute Gasteiger partial charge is 0.457 e. The molecule has 34 heavy (non-hydrogen) atoms. The number of thioether (sulfide) groups is 1. The van der Waals surface area contributed by atoms with Crippen LogP contribution in [0.4, 0.5) is 0 Å². The molecule has 0 aliphatic carbocycles. The van der Waals surface area contributed by atoms with Crippen LogP contribution in [-0.4, -0.2) is 47.6 Å². The lowest BCUT2D eigenvalue weighted by Crippen LogP contribution is -2.42. The summed E-state index contributed by atoms with van der Waals surface area (Å²) in [6, 6.07) is 19.1. The summed E-state index contributed by atoms with van der Waals surface area (Å²) in [5.41, 5.74) is 2.44. The lowest BCUT2D eigenvalue weighted by atomic mass is 9.87. The fourth-order valence-corrected chi connectivity index (χ4v) is 5.31. The van der Waals surface area contributed by atoms with Crippen LogP contribution in [0.2, 0.25) is 0 Å². The third-order valence-electron chi connectivity index (χ3n) is 6.60. The van der Waals surface area contributed by atoms with Crippen LogP contribution in [0, 0.1) is 5.92 Å². The predicted octanol–water partition coefficient (Wildman–Crippen LogP) is 4.71. The molecule has 174 valence electrons. The molecular formula is C27H27N3O3S. The molecule has 6 nitrogen and oxygen atoms in total. The SMILES string of the molecule is CSc1ncccc1C(=O)N1CCC(CNC(=O)C2c3ccccc3Oc3ccccc32)CC1. The number of amides is 2. The van der Waals surface area contributed by atoms with E-state index in [9.17, 15) is 9.59 Å². The third kappa shape index (κ3) is 4.40. The Morgan fingerprint density at radius 2 is 1.65 bits per heavy atom. The number of piperidine rings is 1. The van der Waals surface area contributed by atoms with E-state index < -0.39 is 5.92 Å². The minimum absolute atomic E-state index is 0.0123. The summed E-state index contributed by atoms with van der Waals surface area (Å²) in [6.07, 6.45) is 5.37. The van der Waals surface area contributed by atoms with Crippen molar-refractivity contribution in [3.8, 4) is 11.5 Å². The van der Waals surface area contributed by atoms with Crippen molar-refractivity contribution in [3.05, 3.63) is 83.6 Å². The molecule has 2 aliphatic rings. The summed E-state index contributed by atoms with van der Waals surface area (Å²) >= 11 is 1.49. The van der Waals surface area contributed by atoms with Gasteiger partial charge in [0.05, 0.1) is 11.5 Å². The molecule has 0 unspecified atom stereocenters. The minimum Gasteiger partial charge on any atom is -0.457 e. The zero-order chi connectivity index (χ0) is 23.5. The van der Waals surface area contributed by atoms with Crippen LogP contribution in [0.25, 0.3) is 0 Å². The summed E-state index contributed by atoms with van der Waals surface area (Å²) in [6.45, 7) is 1.97. The van der Waals surface area contributed by atoms with E-state index in [-0.39, 0.29) is 11.8 Å². The first-order valence-corrected chi connectivity index (χ1v) is 12.8. The van der Waals surface area contributed by atoms with Gasteiger partial charge in [0.1, 0.15) is 16.5 Å². The molecule has 2 aliphatic heterocycles. The Hall–Kier alpha value is -3.32. The Labute approximate surface area is 203 Å². The number of benzene rings is 2. The molecule has 0 radical (unpaired) electrons. The van der Waals surface area contributed by atoms with Gasteiger partial charge in [-0.25, -0.2) is 4.98 Å². The minimum atomic E-state index is -0.390. The highest BCUT2D eigenvalue weighted by Gasteiger charge is 2.33. The highest BCUT2D eigenvalue weighted by Crippen LogP contribution is 2.43. The van der Waals surface area contributed by atoms with E-state index in [4.69, 9.17) is 4.74 Å². The van der Waals surface area contributed by atoms with E-state index in [0.29, 0.717) is 31.1 Å². The van der Waals surface area contributed by atoms with Gasteiger partial charge in [0, 0.05) is 37.0 Å². The van der Waals surface area contributed by atoms with E-state index in [1.165, 1.54) is 11.8 Å². The van der Waals surface area contributed by atoms with Crippen molar-refractivity contribution in [2.24, 2.45) is 5.92 Å². The van der Waals surface area contributed by atoms with Gasteiger partial charge in [0.25, 0.3) is 5.91 Å².